The Bertz CT molecular complexity index is 258. The van der Waals surface area contributed by atoms with Crippen LogP contribution in [0.1, 0.15) is 5.82 Å². The van der Waals surface area contributed by atoms with Gasteiger partial charge < -0.3 is 15.2 Å². The maximum absolute atomic E-state index is 10.0. The van der Waals surface area contributed by atoms with Gasteiger partial charge in [-0.25, -0.2) is 4.79 Å². The zero-order chi connectivity index (χ0) is 8.27. The predicted molar refractivity (Wildman–Crippen MR) is 34.0 cm³/mol. The maximum Gasteiger partial charge on any atom is 0.411 e. The first-order valence-electron chi connectivity index (χ1n) is 2.74. The van der Waals surface area contributed by atoms with Crippen molar-refractivity contribution in [2.45, 2.75) is 6.61 Å². The summed E-state index contributed by atoms with van der Waals surface area (Å²) in [5.74, 6) is 0.218. The van der Waals surface area contributed by atoms with E-state index in [0.717, 1.165) is 0 Å². The highest BCUT2D eigenvalue weighted by atomic mass is 16.4. The molecule has 0 aliphatic carbocycles. The maximum atomic E-state index is 10.0. The minimum absolute atomic E-state index is 0.00144. The molecule has 1 aromatic rings. The van der Waals surface area contributed by atoms with Gasteiger partial charge in [-0.15, -0.1) is 10.2 Å². The number of nitrogens with zero attached hydrogens (tertiary/aromatic N) is 2. The van der Waals surface area contributed by atoms with E-state index in [9.17, 15) is 4.79 Å². The molecule has 60 valence electrons. The molecule has 0 saturated heterocycles. The third-order valence-corrected chi connectivity index (χ3v) is 0.909. The summed E-state index contributed by atoms with van der Waals surface area (Å²) in [5, 5.41) is 25.4. The van der Waals surface area contributed by atoms with Gasteiger partial charge in [0, 0.05) is 0 Å². The van der Waals surface area contributed by atoms with E-state index in [0.29, 0.717) is 0 Å². The highest BCUT2D eigenvalue weighted by molar-refractivity contribution is 5.80. The molecule has 0 aliphatic heterocycles. The summed E-state index contributed by atoms with van der Waals surface area (Å²) in [4.78, 5) is 12.4. The van der Waals surface area contributed by atoms with Crippen LogP contribution >= 0.6 is 0 Å². The highest BCUT2D eigenvalue weighted by Crippen LogP contribution is 1.96. The molecule has 0 saturated carbocycles. The van der Waals surface area contributed by atoms with Crippen LogP contribution in [0.15, 0.2) is 0 Å². The van der Waals surface area contributed by atoms with E-state index < -0.39 is 6.09 Å². The molecule has 0 aromatic carbocycles. The molecule has 0 bridgehead atoms. The lowest BCUT2D eigenvalue weighted by Gasteiger charge is -1.90. The van der Waals surface area contributed by atoms with E-state index in [1.54, 1.807) is 0 Å². The van der Waals surface area contributed by atoms with Crippen LogP contribution in [0.2, 0.25) is 0 Å². The van der Waals surface area contributed by atoms with Gasteiger partial charge in [0.05, 0.1) is 0 Å². The summed E-state index contributed by atoms with van der Waals surface area (Å²) in [6.07, 6.45) is -1.23. The van der Waals surface area contributed by atoms with Gasteiger partial charge in [-0.05, 0) is 0 Å². The number of hydrogen-bond donors (Lipinski definition) is 4. The Balaban J connectivity index is 2.65. The third-order valence-electron chi connectivity index (χ3n) is 0.909. The largest absolute Gasteiger partial charge is 0.465 e. The summed E-state index contributed by atoms with van der Waals surface area (Å²) in [7, 11) is 0. The van der Waals surface area contributed by atoms with Crippen LogP contribution in [0.3, 0.4) is 0 Å². The molecule has 0 spiro atoms. The van der Waals surface area contributed by atoms with Crippen molar-refractivity contribution in [2.75, 3.05) is 5.32 Å². The zero-order valence-electron chi connectivity index (χ0n) is 5.40. The normalized spacial score (nSPS) is 9.55. The number of aliphatic hydroxyl groups excluding tert-OH is 1. The lowest BCUT2D eigenvalue weighted by Crippen LogP contribution is -2.08. The third kappa shape index (κ3) is 1.90. The Morgan fingerprint density at radius 3 is 2.82 bits per heavy atom. The van der Waals surface area contributed by atoms with E-state index in [4.69, 9.17) is 10.2 Å². The average Bonchev–Trinajstić information content (AvgIpc) is 2.34. The summed E-state index contributed by atoms with van der Waals surface area (Å²) >= 11 is 0. The number of carbonyl (C=O) groups is 1. The molecule has 7 nitrogen and oxygen atoms in total. The van der Waals surface area contributed by atoms with E-state index in [2.05, 4.69) is 15.2 Å². The first-order valence-corrected chi connectivity index (χ1v) is 2.74. The van der Waals surface area contributed by atoms with Gasteiger partial charge >= 0.3 is 6.09 Å². The van der Waals surface area contributed by atoms with Gasteiger partial charge in [-0.2, -0.15) is 0 Å². The molecular formula is C4H6N4O3. The van der Waals surface area contributed by atoms with E-state index in [1.165, 1.54) is 0 Å². The summed E-state index contributed by atoms with van der Waals surface area (Å²) in [5.41, 5.74) is 0. The molecule has 4 N–H and O–H groups in total. The van der Waals surface area contributed by atoms with Gasteiger partial charge in [-0.3, -0.25) is 5.32 Å². The first-order chi connectivity index (χ1) is 5.22. The molecule has 1 heterocycles. The fourth-order valence-corrected chi connectivity index (χ4v) is 0.526. The molecule has 0 fully saturated rings. The minimum atomic E-state index is -1.23. The number of rotatable bonds is 2. The van der Waals surface area contributed by atoms with Crippen molar-refractivity contribution >= 4 is 12.0 Å². The van der Waals surface area contributed by atoms with E-state index in [-0.39, 0.29) is 18.4 Å². The number of hydrogen-bond acceptors (Lipinski definition) is 4. The fraction of sp³-hybridized carbons (Fsp3) is 0.250. The number of anilines is 1. The van der Waals surface area contributed by atoms with E-state index >= 15 is 0 Å². The minimum Gasteiger partial charge on any atom is -0.465 e. The van der Waals surface area contributed by atoms with Crippen molar-refractivity contribution < 1.29 is 15.0 Å². The smallest absolute Gasteiger partial charge is 0.411 e. The molecule has 7 heteroatoms. The number of nitrogens with one attached hydrogen (secondary N) is 2. The van der Waals surface area contributed by atoms with Gasteiger partial charge in [0.2, 0.25) is 5.95 Å². The predicted octanol–water partition coefficient (Wildman–Crippen LogP) is -0.613. The van der Waals surface area contributed by atoms with E-state index in [1.807, 2.05) is 5.32 Å². The quantitative estimate of drug-likeness (QED) is 0.458. The molecule has 11 heavy (non-hydrogen) atoms. The standard InChI is InChI=1S/C4H6N4O3/c9-1-2-5-3(8-7-2)6-4(10)11/h9H,1H2,(H,10,11)(H2,5,6,7,8). The molecule has 0 atom stereocenters. The molecular weight excluding hydrogens is 152 g/mol. The van der Waals surface area contributed by atoms with Crippen LogP contribution in [0.5, 0.6) is 0 Å². The Kier molecular flexibility index (Phi) is 2.02. The van der Waals surface area contributed by atoms with Crippen molar-refractivity contribution in [1.82, 2.24) is 15.2 Å². The molecule has 0 radical (unpaired) electrons. The molecule has 0 aliphatic rings. The van der Waals surface area contributed by atoms with Crippen molar-refractivity contribution in [3.8, 4) is 0 Å². The van der Waals surface area contributed by atoms with Crippen molar-refractivity contribution in [3.63, 3.8) is 0 Å². The SMILES string of the molecule is O=C(O)Nc1nnc(CO)[nH]1. The second kappa shape index (κ2) is 2.97. The van der Waals surface area contributed by atoms with Crippen LogP contribution in [0, 0.1) is 0 Å². The number of amides is 1. The van der Waals surface area contributed by atoms with Crippen molar-refractivity contribution in [1.29, 1.82) is 0 Å². The molecule has 1 rings (SSSR count). The number of aromatic nitrogens is 3. The fourth-order valence-electron chi connectivity index (χ4n) is 0.526. The average molecular weight is 158 g/mol. The Hall–Kier alpha value is -1.63. The van der Waals surface area contributed by atoms with Gasteiger partial charge in [0.25, 0.3) is 0 Å². The highest BCUT2D eigenvalue weighted by Gasteiger charge is 2.02. The summed E-state index contributed by atoms with van der Waals surface area (Å²) in [6.45, 7) is -0.297. The molecule has 0 unspecified atom stereocenters. The van der Waals surface area contributed by atoms with Gasteiger partial charge in [0.15, 0.2) is 5.82 Å². The van der Waals surface area contributed by atoms with Crippen molar-refractivity contribution in [3.05, 3.63) is 5.82 Å². The Morgan fingerprint density at radius 2 is 2.36 bits per heavy atom. The lowest BCUT2D eigenvalue weighted by molar-refractivity contribution is 0.209. The molecule has 1 aromatic heterocycles. The second-order valence-electron chi connectivity index (χ2n) is 1.71. The number of H-pyrrole nitrogens is 1. The number of aliphatic hydroxyl groups is 1. The Labute approximate surface area is 61.1 Å². The number of aromatic amines is 1. The van der Waals surface area contributed by atoms with Crippen LogP contribution in [-0.2, 0) is 6.61 Å². The first kappa shape index (κ1) is 7.48. The zero-order valence-corrected chi connectivity index (χ0v) is 5.40. The lowest BCUT2D eigenvalue weighted by atomic mass is 10.7. The van der Waals surface area contributed by atoms with Crippen LogP contribution in [0.25, 0.3) is 0 Å². The monoisotopic (exact) mass is 158 g/mol. The summed E-state index contributed by atoms with van der Waals surface area (Å²) < 4.78 is 0. The number of carboxylic acid groups (broad SMARTS) is 1. The van der Waals surface area contributed by atoms with Gasteiger partial charge in [0.1, 0.15) is 6.61 Å². The molecule has 1 amide bonds. The topological polar surface area (TPSA) is 111 Å². The van der Waals surface area contributed by atoms with Crippen molar-refractivity contribution in [2.24, 2.45) is 0 Å². The van der Waals surface area contributed by atoms with Gasteiger partial charge in [-0.1, -0.05) is 0 Å². The Morgan fingerprint density at radius 1 is 1.64 bits per heavy atom. The van der Waals surface area contributed by atoms with Crippen LogP contribution in [-0.4, -0.2) is 31.5 Å². The second-order valence-corrected chi connectivity index (χ2v) is 1.71. The summed E-state index contributed by atoms with van der Waals surface area (Å²) in [6, 6.07) is 0. The van der Waals surface area contributed by atoms with Crippen LogP contribution in [0.4, 0.5) is 10.7 Å². The van der Waals surface area contributed by atoms with Crippen LogP contribution < -0.4 is 5.32 Å².